The van der Waals surface area contributed by atoms with Crippen LogP contribution in [0.1, 0.15) is 48.5 Å². The van der Waals surface area contributed by atoms with E-state index in [1.807, 2.05) is 0 Å². The summed E-state index contributed by atoms with van der Waals surface area (Å²) in [6.07, 6.45) is 3.28. The molecule has 4 rings (SSSR count). The van der Waals surface area contributed by atoms with Crippen molar-refractivity contribution in [1.29, 1.82) is 0 Å². The first-order chi connectivity index (χ1) is 17.3. The molecule has 0 aliphatic heterocycles. The van der Waals surface area contributed by atoms with Gasteiger partial charge in [0.1, 0.15) is 0 Å². The van der Waals surface area contributed by atoms with Gasteiger partial charge in [-0.1, -0.05) is 12.8 Å². The lowest BCUT2D eigenvalue weighted by atomic mass is 10.1. The molecule has 192 valence electrons. The van der Waals surface area contributed by atoms with Crippen LogP contribution < -0.4 is 15.0 Å². The number of pyridine rings is 1. The van der Waals surface area contributed by atoms with Gasteiger partial charge in [0.15, 0.2) is 11.5 Å². The Morgan fingerprint density at radius 2 is 1.67 bits per heavy atom. The third-order valence-corrected chi connectivity index (χ3v) is 8.37. The van der Waals surface area contributed by atoms with Crippen molar-refractivity contribution in [3.63, 3.8) is 0 Å². The van der Waals surface area contributed by atoms with Crippen molar-refractivity contribution in [3.8, 4) is 11.5 Å². The molecule has 2 aromatic carbocycles. The van der Waals surface area contributed by atoms with E-state index >= 15 is 0 Å². The van der Waals surface area contributed by atoms with E-state index in [2.05, 4.69) is 4.98 Å². The first-order valence-corrected chi connectivity index (χ1v) is 13.3. The molecule has 10 heteroatoms. The summed E-state index contributed by atoms with van der Waals surface area (Å²) in [5.74, 6) is 0.476. The lowest BCUT2D eigenvalue weighted by Crippen LogP contribution is -2.39. The number of fused-ring (bicyclic) bond motifs is 1. The summed E-state index contributed by atoms with van der Waals surface area (Å²) in [6.45, 7) is 1.86. The van der Waals surface area contributed by atoms with Crippen LogP contribution in [-0.2, 0) is 21.3 Å². The van der Waals surface area contributed by atoms with Crippen LogP contribution in [-0.4, -0.2) is 50.5 Å². The number of nitrogens with zero attached hydrogens (tertiary/aromatic N) is 1. The van der Waals surface area contributed by atoms with Crippen LogP contribution in [0.2, 0.25) is 0 Å². The number of carbonyl (C=O) groups is 1. The monoisotopic (exact) mass is 514 g/mol. The molecule has 0 atom stereocenters. The van der Waals surface area contributed by atoms with E-state index < -0.39 is 16.0 Å². The van der Waals surface area contributed by atoms with Gasteiger partial charge < -0.3 is 19.2 Å². The largest absolute Gasteiger partial charge is 0.493 e. The molecule has 36 heavy (non-hydrogen) atoms. The Morgan fingerprint density at radius 1 is 1.03 bits per heavy atom. The average Bonchev–Trinajstić information content (AvgIpc) is 3.41. The molecule has 1 heterocycles. The quantitative estimate of drug-likeness (QED) is 0.431. The third kappa shape index (κ3) is 5.10. The van der Waals surface area contributed by atoms with Gasteiger partial charge in [-0.25, -0.2) is 13.2 Å². The second kappa shape index (κ2) is 10.7. The number of ether oxygens (including phenoxy) is 3. The molecule has 1 fully saturated rings. The second-order valence-electron chi connectivity index (χ2n) is 8.65. The van der Waals surface area contributed by atoms with E-state index in [0.717, 1.165) is 25.7 Å². The van der Waals surface area contributed by atoms with E-state index in [4.69, 9.17) is 14.2 Å². The van der Waals surface area contributed by atoms with Crippen LogP contribution in [0.5, 0.6) is 11.5 Å². The van der Waals surface area contributed by atoms with E-state index in [9.17, 15) is 18.0 Å². The zero-order valence-electron chi connectivity index (χ0n) is 20.6. The van der Waals surface area contributed by atoms with Gasteiger partial charge in [-0.3, -0.25) is 4.79 Å². The number of H-pyrrole nitrogens is 1. The van der Waals surface area contributed by atoms with Crippen LogP contribution in [0.25, 0.3) is 10.9 Å². The topological polar surface area (TPSA) is 115 Å². The molecule has 0 spiro atoms. The van der Waals surface area contributed by atoms with Crippen molar-refractivity contribution < 1.29 is 27.4 Å². The van der Waals surface area contributed by atoms with Gasteiger partial charge in [0.2, 0.25) is 10.0 Å². The lowest BCUT2D eigenvalue weighted by Gasteiger charge is -2.28. The summed E-state index contributed by atoms with van der Waals surface area (Å²) >= 11 is 0. The number of nitrogens with one attached hydrogen (secondary N) is 1. The molecule has 0 bridgehead atoms. The minimum absolute atomic E-state index is 0.0612. The minimum atomic E-state index is -3.95. The fourth-order valence-electron chi connectivity index (χ4n) is 4.58. The standard InChI is InChI=1S/C26H30N2O7S/c1-4-35-26(30)17-9-11-21(12-10-17)36(31,32)28(20-7-5-6-8-20)16-19-13-18-14-23(33-2)24(34-3)15-22(18)27-25(19)29/h9-15,20H,4-8,16H2,1-3H3,(H,27,29). The number of carbonyl (C=O) groups excluding carboxylic acids is 1. The Bertz CT molecular complexity index is 1410. The molecule has 1 saturated carbocycles. The van der Waals surface area contributed by atoms with Crippen LogP contribution in [0.15, 0.2) is 52.2 Å². The highest BCUT2D eigenvalue weighted by Gasteiger charge is 2.34. The third-order valence-electron chi connectivity index (χ3n) is 6.46. The molecule has 9 nitrogen and oxygen atoms in total. The minimum Gasteiger partial charge on any atom is -0.493 e. The van der Waals surface area contributed by atoms with Crippen molar-refractivity contribution >= 4 is 26.9 Å². The maximum absolute atomic E-state index is 13.8. The van der Waals surface area contributed by atoms with Gasteiger partial charge in [-0.05, 0) is 56.2 Å². The Balaban J connectivity index is 1.72. The van der Waals surface area contributed by atoms with Crippen LogP contribution in [0.4, 0.5) is 0 Å². The summed E-state index contributed by atoms with van der Waals surface area (Å²) in [4.78, 5) is 27.9. The molecule has 1 N–H and O–H groups in total. The average molecular weight is 515 g/mol. The molecule has 1 aromatic heterocycles. The fourth-order valence-corrected chi connectivity index (χ4v) is 6.24. The van der Waals surface area contributed by atoms with Crippen molar-refractivity contribution in [3.05, 3.63) is 63.9 Å². The summed E-state index contributed by atoms with van der Waals surface area (Å²) in [7, 11) is -0.908. The molecule has 0 unspecified atom stereocenters. The van der Waals surface area contributed by atoms with Gasteiger partial charge in [-0.15, -0.1) is 0 Å². The molecule has 0 radical (unpaired) electrons. The van der Waals surface area contributed by atoms with Gasteiger partial charge in [0, 0.05) is 29.6 Å². The normalized spacial score (nSPS) is 14.3. The van der Waals surface area contributed by atoms with Crippen molar-refractivity contribution in [2.24, 2.45) is 0 Å². The predicted octanol–water partition coefficient (Wildman–Crippen LogP) is 3.86. The first-order valence-electron chi connectivity index (χ1n) is 11.9. The number of aromatic nitrogens is 1. The Morgan fingerprint density at radius 3 is 2.28 bits per heavy atom. The Hall–Kier alpha value is -3.37. The molecule has 1 aliphatic rings. The number of hydrogen-bond acceptors (Lipinski definition) is 7. The predicted molar refractivity (Wildman–Crippen MR) is 135 cm³/mol. The maximum atomic E-state index is 13.8. The Labute approximate surface area is 210 Å². The molecular weight excluding hydrogens is 484 g/mol. The molecular formula is C26H30N2O7S. The summed E-state index contributed by atoms with van der Waals surface area (Å²) < 4.78 is 44.6. The number of sulfonamides is 1. The highest BCUT2D eigenvalue weighted by Crippen LogP contribution is 2.33. The van der Waals surface area contributed by atoms with E-state index in [1.165, 1.54) is 42.8 Å². The van der Waals surface area contributed by atoms with Crippen molar-refractivity contribution in [2.45, 2.75) is 50.1 Å². The van der Waals surface area contributed by atoms with E-state index in [-0.39, 0.29) is 35.2 Å². The smallest absolute Gasteiger partial charge is 0.338 e. The molecule has 0 saturated heterocycles. The second-order valence-corrected chi connectivity index (χ2v) is 10.5. The molecule has 0 amide bonds. The SMILES string of the molecule is CCOC(=O)c1ccc(S(=O)(=O)N(Cc2cc3cc(OC)c(OC)cc3[nH]c2=O)C2CCCC2)cc1. The van der Waals surface area contributed by atoms with Gasteiger partial charge in [0.05, 0.1) is 36.8 Å². The highest BCUT2D eigenvalue weighted by atomic mass is 32.2. The molecule has 1 aliphatic carbocycles. The zero-order valence-corrected chi connectivity index (χ0v) is 21.4. The van der Waals surface area contributed by atoms with Crippen LogP contribution in [0, 0.1) is 0 Å². The number of esters is 1. The summed E-state index contributed by atoms with van der Waals surface area (Å²) in [5, 5.41) is 0.699. The van der Waals surface area contributed by atoms with Crippen LogP contribution in [0.3, 0.4) is 0 Å². The van der Waals surface area contributed by atoms with E-state index in [1.54, 1.807) is 25.1 Å². The lowest BCUT2D eigenvalue weighted by molar-refractivity contribution is 0.0526. The van der Waals surface area contributed by atoms with Gasteiger partial charge in [-0.2, -0.15) is 4.31 Å². The summed E-state index contributed by atoms with van der Waals surface area (Å²) in [5.41, 5.74) is 0.795. The number of methoxy groups -OCH3 is 2. The first kappa shape index (κ1) is 25.7. The van der Waals surface area contributed by atoms with Crippen LogP contribution >= 0.6 is 0 Å². The number of aromatic amines is 1. The fraction of sp³-hybridized carbons (Fsp3) is 0.385. The summed E-state index contributed by atoms with van der Waals surface area (Å²) in [6, 6.07) is 10.6. The number of hydrogen-bond donors (Lipinski definition) is 1. The zero-order chi connectivity index (χ0) is 25.9. The van der Waals surface area contributed by atoms with Crippen molar-refractivity contribution in [2.75, 3.05) is 20.8 Å². The highest BCUT2D eigenvalue weighted by molar-refractivity contribution is 7.89. The van der Waals surface area contributed by atoms with Gasteiger partial charge >= 0.3 is 5.97 Å². The van der Waals surface area contributed by atoms with E-state index in [0.29, 0.717) is 28.0 Å². The molecule has 3 aromatic rings. The maximum Gasteiger partial charge on any atom is 0.338 e. The van der Waals surface area contributed by atoms with Crippen molar-refractivity contribution in [1.82, 2.24) is 9.29 Å². The van der Waals surface area contributed by atoms with Gasteiger partial charge in [0.25, 0.3) is 5.56 Å². The number of benzene rings is 2. The number of rotatable bonds is 9. The Kier molecular flexibility index (Phi) is 7.65.